The summed E-state index contributed by atoms with van der Waals surface area (Å²) in [6.07, 6.45) is 0. The van der Waals surface area contributed by atoms with Crippen molar-refractivity contribution in [3.8, 4) is 16.8 Å². The van der Waals surface area contributed by atoms with Crippen LogP contribution in [0.4, 0.5) is 51.2 Å². The summed E-state index contributed by atoms with van der Waals surface area (Å²) in [6.45, 7) is 20.9. The zero-order valence-electron chi connectivity index (χ0n) is 47.3. The molecule has 0 amide bonds. The van der Waals surface area contributed by atoms with Crippen molar-refractivity contribution < 1.29 is 4.42 Å². The maximum atomic E-state index is 7.66. The van der Waals surface area contributed by atoms with E-state index in [9.17, 15) is 0 Å². The molecule has 7 heteroatoms. The van der Waals surface area contributed by atoms with E-state index in [1.165, 1.54) is 92.2 Å². The van der Waals surface area contributed by atoms with Crippen LogP contribution < -0.4 is 31.3 Å². The van der Waals surface area contributed by atoms with Crippen LogP contribution in [0.3, 0.4) is 0 Å². The molecular weight excluding hydrogens is 1000 g/mol. The van der Waals surface area contributed by atoms with Crippen molar-refractivity contribution in [3.63, 3.8) is 0 Å². The van der Waals surface area contributed by atoms with E-state index in [1.807, 2.05) is 11.3 Å². The molecule has 3 aliphatic heterocycles. The maximum Gasteiger partial charge on any atom is 0.297 e. The molecule has 0 saturated heterocycles. The first-order valence-electron chi connectivity index (χ1n) is 28.6. The number of anilines is 9. The molecule has 0 spiro atoms. The molecule has 0 fully saturated rings. The summed E-state index contributed by atoms with van der Waals surface area (Å²) >= 11 is 1.87. The van der Waals surface area contributed by atoms with Crippen LogP contribution >= 0.6 is 11.3 Å². The molecule has 0 bridgehead atoms. The van der Waals surface area contributed by atoms with Crippen molar-refractivity contribution in [1.29, 1.82) is 0 Å². The number of hydrogen-bond donors (Lipinski definition) is 0. The van der Waals surface area contributed by atoms with Gasteiger partial charge >= 0.3 is 0 Å². The number of fused-ring (bicyclic) bond motifs is 14. The molecule has 6 heterocycles. The van der Waals surface area contributed by atoms with Gasteiger partial charge in [-0.3, -0.25) is 0 Å². The Bertz CT molecular complexity index is 4740. The molecule has 16 rings (SSSR count). The van der Waals surface area contributed by atoms with Gasteiger partial charge in [-0.1, -0.05) is 172 Å². The molecule has 0 radical (unpaired) electrons. The summed E-state index contributed by atoms with van der Waals surface area (Å²) in [5.41, 5.74) is 23.9. The van der Waals surface area contributed by atoms with Crippen LogP contribution in [0.15, 0.2) is 211 Å². The van der Waals surface area contributed by atoms with Crippen LogP contribution in [0.2, 0.25) is 0 Å². The van der Waals surface area contributed by atoms with E-state index in [-0.39, 0.29) is 23.0 Å². The van der Waals surface area contributed by atoms with Gasteiger partial charge in [0.2, 0.25) is 0 Å². The van der Waals surface area contributed by atoms with Gasteiger partial charge in [-0.25, -0.2) is 0 Å². The highest BCUT2D eigenvalue weighted by atomic mass is 32.1. The third-order valence-corrected chi connectivity index (χ3v) is 18.8. The van der Waals surface area contributed by atoms with Crippen molar-refractivity contribution >= 4 is 139 Å². The molecule has 10 aromatic carbocycles. The summed E-state index contributed by atoms with van der Waals surface area (Å²) in [5.74, 6) is 0. The highest BCUT2D eigenvalue weighted by Gasteiger charge is 2.50. The summed E-state index contributed by atoms with van der Waals surface area (Å²) < 4.78 is 12.8. The average molecular weight is 1070 g/mol. The summed E-state index contributed by atoms with van der Waals surface area (Å²) in [4.78, 5) is 7.70. The largest absolute Gasteiger partial charge is 0.468 e. The Kier molecular flexibility index (Phi) is 10.0. The topological polar surface area (TPSA) is 27.8 Å². The smallest absolute Gasteiger partial charge is 0.297 e. The number of hydrogen-bond acceptors (Lipinski definition) is 5. The standard InChI is InChI=1S/C74H61BN4OS/c1-72(2,3)46-30-33-59-55(36-46)56-37-47(73(4,5)6)39-62-68(56)78(59)63-40-48(74(7,8)9)38-58-70(63)79(62)61-42-52(76(49-23-15-11-16-24-49)50-25-17-12-18-26-50)41-60-67(61)75(58)71-69(57-35-45(29-34-64(57)80-71)44-21-13-10-14-22-44)77(60)51-31-32-54-53-27-19-20-28-65(53)81-66(54)43-51/h10-43H,1-9H3. The molecule has 0 unspecified atom stereocenters. The summed E-state index contributed by atoms with van der Waals surface area (Å²) in [7, 11) is 0. The number of thiophene rings is 1. The maximum absolute atomic E-state index is 7.66. The van der Waals surface area contributed by atoms with Crippen LogP contribution in [-0.2, 0) is 16.2 Å². The SMILES string of the molecule is CC(C)(C)c1cc2c3c(c1)-n1c4ccc(C(C)(C)C)cc4c4cc(C(C)(C)C)cc(c41)N3c1cc(N(c3ccccc3)c3ccccc3)cc3c1B2c1oc2ccc(-c4ccccc4)cc2c1N3c1ccc2c(c1)sc1ccccc12. The fourth-order valence-electron chi connectivity index (χ4n) is 13.5. The van der Waals surface area contributed by atoms with Gasteiger partial charge in [-0.05, 0) is 152 Å². The van der Waals surface area contributed by atoms with Gasteiger partial charge in [0, 0.05) is 64.8 Å². The first-order valence-corrected chi connectivity index (χ1v) is 29.4. The van der Waals surface area contributed by atoms with Crippen LogP contribution in [0, 0.1) is 0 Å². The van der Waals surface area contributed by atoms with E-state index in [1.54, 1.807) is 0 Å². The van der Waals surface area contributed by atoms with Gasteiger partial charge in [-0.15, -0.1) is 11.3 Å². The molecular formula is C74H61BN4OS. The second kappa shape index (κ2) is 16.9. The van der Waals surface area contributed by atoms with E-state index in [2.05, 4.69) is 288 Å². The molecule has 81 heavy (non-hydrogen) atoms. The Balaban J connectivity index is 1.10. The minimum atomic E-state index is -0.276. The average Bonchev–Trinajstić information content (AvgIpc) is 3.96. The lowest BCUT2D eigenvalue weighted by Gasteiger charge is -2.46. The van der Waals surface area contributed by atoms with Crippen LogP contribution in [0.1, 0.15) is 79.0 Å². The molecule has 0 N–H and O–H groups in total. The molecule has 3 aliphatic rings. The zero-order valence-corrected chi connectivity index (χ0v) is 48.1. The molecule has 0 saturated carbocycles. The molecule has 392 valence electrons. The fourth-order valence-corrected chi connectivity index (χ4v) is 14.7. The number of para-hydroxylation sites is 2. The number of rotatable bonds is 5. The highest BCUT2D eigenvalue weighted by molar-refractivity contribution is 7.25. The quantitative estimate of drug-likeness (QED) is 0.161. The number of benzene rings is 10. The predicted octanol–water partition coefficient (Wildman–Crippen LogP) is 19.3. The van der Waals surface area contributed by atoms with Crippen molar-refractivity contribution in [2.45, 2.75) is 78.6 Å². The second-order valence-corrected chi connectivity index (χ2v) is 26.9. The fraction of sp³-hybridized carbons (Fsp3) is 0.162. The lowest BCUT2D eigenvalue weighted by atomic mass is 9.35. The van der Waals surface area contributed by atoms with Crippen molar-refractivity contribution in [2.75, 3.05) is 14.7 Å². The predicted molar refractivity (Wildman–Crippen MR) is 347 cm³/mol. The van der Waals surface area contributed by atoms with E-state index >= 15 is 0 Å². The molecule has 0 aliphatic carbocycles. The first-order chi connectivity index (χ1) is 39.1. The van der Waals surface area contributed by atoms with Gasteiger partial charge in [0.25, 0.3) is 6.71 Å². The molecule has 3 aromatic heterocycles. The molecule has 5 nitrogen and oxygen atoms in total. The van der Waals surface area contributed by atoms with Gasteiger partial charge in [0.15, 0.2) is 0 Å². The monoisotopic (exact) mass is 1060 g/mol. The third-order valence-electron chi connectivity index (χ3n) is 17.7. The second-order valence-electron chi connectivity index (χ2n) is 25.8. The van der Waals surface area contributed by atoms with Gasteiger partial charge < -0.3 is 23.7 Å². The Morgan fingerprint density at radius 1 is 0.420 bits per heavy atom. The van der Waals surface area contributed by atoms with E-state index < -0.39 is 0 Å². The van der Waals surface area contributed by atoms with Crippen molar-refractivity contribution in [2.24, 2.45) is 0 Å². The van der Waals surface area contributed by atoms with Crippen LogP contribution in [-0.4, -0.2) is 11.3 Å². The zero-order chi connectivity index (χ0) is 55.0. The van der Waals surface area contributed by atoms with Crippen molar-refractivity contribution in [1.82, 2.24) is 4.57 Å². The minimum Gasteiger partial charge on any atom is -0.468 e. The Labute approximate surface area is 478 Å². The van der Waals surface area contributed by atoms with Crippen LogP contribution in [0.25, 0.3) is 69.8 Å². The van der Waals surface area contributed by atoms with E-state index in [0.29, 0.717) is 0 Å². The Morgan fingerprint density at radius 2 is 1.04 bits per heavy atom. The van der Waals surface area contributed by atoms with Gasteiger partial charge in [0.05, 0.1) is 45.1 Å². The summed E-state index contributed by atoms with van der Waals surface area (Å²) in [6, 6.07) is 77.7. The van der Waals surface area contributed by atoms with Crippen molar-refractivity contribution in [3.05, 3.63) is 223 Å². The minimum absolute atomic E-state index is 0.0379. The Morgan fingerprint density at radius 3 is 1.74 bits per heavy atom. The lowest BCUT2D eigenvalue weighted by Crippen LogP contribution is -2.61. The highest BCUT2D eigenvalue weighted by Crippen LogP contribution is 2.57. The third kappa shape index (κ3) is 7.10. The van der Waals surface area contributed by atoms with Crippen LogP contribution in [0.5, 0.6) is 0 Å². The number of aromatic nitrogens is 1. The first kappa shape index (κ1) is 48.2. The van der Waals surface area contributed by atoms with Gasteiger partial charge in [-0.2, -0.15) is 0 Å². The number of furan rings is 1. The summed E-state index contributed by atoms with van der Waals surface area (Å²) in [5, 5.41) is 6.20. The molecule has 0 atom stereocenters. The Hall–Kier alpha value is -8.78. The molecule has 13 aromatic rings. The van der Waals surface area contributed by atoms with Gasteiger partial charge in [0.1, 0.15) is 5.58 Å². The number of nitrogens with zero attached hydrogens (tertiary/aromatic N) is 4. The lowest BCUT2D eigenvalue weighted by molar-refractivity contribution is 0.590. The van der Waals surface area contributed by atoms with E-state index in [4.69, 9.17) is 4.42 Å². The normalized spacial score (nSPS) is 13.7. The van der Waals surface area contributed by atoms with E-state index in [0.717, 1.165) is 62.0 Å².